The average Bonchev–Trinajstić information content (AvgIpc) is 2.12. The molecule has 2 heteroatoms. The largest absolute Gasteiger partial charge is 0.207 e. The lowest BCUT2D eigenvalue weighted by molar-refractivity contribution is 0.552. The Kier molecular flexibility index (Phi) is 4.97. The van der Waals surface area contributed by atoms with Gasteiger partial charge in [0, 0.05) is 4.83 Å². The number of hydrogen-bond donors (Lipinski definition) is 0. The zero-order valence-electron chi connectivity index (χ0n) is 10.5. The molecule has 0 aromatic heterocycles. The van der Waals surface area contributed by atoms with E-state index >= 15 is 0 Å². The van der Waals surface area contributed by atoms with E-state index in [-0.39, 0.29) is 5.82 Å². The van der Waals surface area contributed by atoms with Crippen molar-refractivity contribution in [2.75, 3.05) is 0 Å². The molecule has 0 nitrogen and oxygen atoms in total. The van der Waals surface area contributed by atoms with Gasteiger partial charge in [0.15, 0.2) is 0 Å². The van der Waals surface area contributed by atoms with Gasteiger partial charge in [-0.05, 0) is 61.4 Å². The molecule has 16 heavy (non-hydrogen) atoms. The predicted octanol–water partition coefficient (Wildman–Crippen LogP) is 5.31. The summed E-state index contributed by atoms with van der Waals surface area (Å²) in [5, 5.41) is 0. The first kappa shape index (κ1) is 13.7. The van der Waals surface area contributed by atoms with Crippen molar-refractivity contribution in [1.29, 1.82) is 0 Å². The minimum absolute atomic E-state index is 0.137. The topological polar surface area (TPSA) is 0 Å². The molecule has 0 saturated heterocycles. The van der Waals surface area contributed by atoms with E-state index in [9.17, 15) is 4.39 Å². The van der Waals surface area contributed by atoms with Gasteiger partial charge in [-0.3, -0.25) is 0 Å². The third-order valence-electron chi connectivity index (χ3n) is 2.87. The van der Waals surface area contributed by atoms with Gasteiger partial charge in [0.1, 0.15) is 5.82 Å². The van der Waals surface area contributed by atoms with Gasteiger partial charge in [-0.15, -0.1) is 0 Å². The maximum absolute atomic E-state index is 13.2. The summed E-state index contributed by atoms with van der Waals surface area (Å²) < 4.78 is 13.2. The summed E-state index contributed by atoms with van der Waals surface area (Å²) in [4.78, 5) is 0.343. The summed E-state index contributed by atoms with van der Waals surface area (Å²) in [6.07, 6.45) is 2.29. The predicted molar refractivity (Wildman–Crippen MR) is 71.6 cm³/mol. The minimum atomic E-state index is -0.137. The molecule has 90 valence electrons. The molecule has 0 aliphatic heterocycles. The van der Waals surface area contributed by atoms with E-state index in [1.807, 2.05) is 13.8 Å². The third kappa shape index (κ3) is 3.58. The zero-order chi connectivity index (χ0) is 12.3. The molecule has 0 radical (unpaired) electrons. The fourth-order valence-electron chi connectivity index (χ4n) is 2.04. The Morgan fingerprint density at radius 1 is 1.12 bits per heavy atom. The van der Waals surface area contributed by atoms with Crippen LogP contribution in [0.15, 0.2) is 12.1 Å². The number of benzene rings is 1. The van der Waals surface area contributed by atoms with Crippen LogP contribution in [0.5, 0.6) is 0 Å². The van der Waals surface area contributed by atoms with E-state index in [1.165, 1.54) is 12.0 Å². The van der Waals surface area contributed by atoms with Crippen LogP contribution in [0.3, 0.4) is 0 Å². The monoisotopic (exact) mass is 286 g/mol. The second kappa shape index (κ2) is 5.81. The van der Waals surface area contributed by atoms with Crippen LogP contribution in [0.4, 0.5) is 4.39 Å². The van der Waals surface area contributed by atoms with Gasteiger partial charge >= 0.3 is 0 Å². The number of rotatable bonds is 4. The number of alkyl halides is 1. The molecule has 0 bridgehead atoms. The SMILES string of the molecule is Cc1cc(F)cc(C)c1C(Br)CCC(C)C. The Bertz CT molecular complexity index is 335. The quantitative estimate of drug-likeness (QED) is 0.658. The van der Waals surface area contributed by atoms with Gasteiger partial charge in [0.2, 0.25) is 0 Å². The molecule has 0 aliphatic carbocycles. The number of hydrogen-bond acceptors (Lipinski definition) is 0. The molecule has 1 atom stereocenters. The van der Waals surface area contributed by atoms with Crippen LogP contribution in [0.1, 0.15) is 48.2 Å². The van der Waals surface area contributed by atoms with Crippen molar-refractivity contribution in [3.63, 3.8) is 0 Å². The van der Waals surface area contributed by atoms with Crippen molar-refractivity contribution in [3.05, 3.63) is 34.6 Å². The molecule has 1 unspecified atom stereocenters. The van der Waals surface area contributed by atoms with Crippen LogP contribution in [-0.2, 0) is 0 Å². The molecule has 0 N–H and O–H groups in total. The smallest absolute Gasteiger partial charge is 0.123 e. The van der Waals surface area contributed by atoms with E-state index in [4.69, 9.17) is 0 Å². The van der Waals surface area contributed by atoms with Gasteiger partial charge in [-0.1, -0.05) is 29.8 Å². The normalized spacial score (nSPS) is 13.2. The fraction of sp³-hybridized carbons (Fsp3) is 0.571. The highest BCUT2D eigenvalue weighted by Gasteiger charge is 2.14. The van der Waals surface area contributed by atoms with Crippen molar-refractivity contribution in [1.82, 2.24) is 0 Å². The standard InChI is InChI=1S/C14H20BrF/c1-9(2)5-6-13(15)14-10(3)7-12(16)8-11(14)4/h7-9,13H,5-6H2,1-4H3. The molecule has 0 heterocycles. The Labute approximate surface area is 106 Å². The summed E-state index contributed by atoms with van der Waals surface area (Å²) in [7, 11) is 0. The van der Waals surface area contributed by atoms with Gasteiger partial charge in [0.25, 0.3) is 0 Å². The molecular formula is C14H20BrF. The van der Waals surface area contributed by atoms with E-state index in [0.717, 1.165) is 17.5 Å². The number of aryl methyl sites for hydroxylation is 2. The molecule has 1 aromatic carbocycles. The Morgan fingerprint density at radius 2 is 1.62 bits per heavy atom. The Balaban J connectivity index is 2.86. The third-order valence-corrected chi connectivity index (χ3v) is 3.78. The Morgan fingerprint density at radius 3 is 2.06 bits per heavy atom. The van der Waals surface area contributed by atoms with Crippen molar-refractivity contribution >= 4 is 15.9 Å². The highest BCUT2D eigenvalue weighted by molar-refractivity contribution is 9.09. The average molecular weight is 287 g/mol. The van der Waals surface area contributed by atoms with Crippen LogP contribution >= 0.6 is 15.9 Å². The highest BCUT2D eigenvalue weighted by atomic mass is 79.9. The number of halogens is 2. The maximum atomic E-state index is 13.2. The molecule has 1 rings (SSSR count). The van der Waals surface area contributed by atoms with Crippen LogP contribution in [0, 0.1) is 25.6 Å². The first-order chi connectivity index (χ1) is 7.41. The first-order valence-electron chi connectivity index (χ1n) is 5.82. The summed E-state index contributed by atoms with van der Waals surface area (Å²) in [5.41, 5.74) is 3.34. The fourth-order valence-corrected chi connectivity index (χ4v) is 3.03. The molecule has 1 aromatic rings. The van der Waals surface area contributed by atoms with E-state index < -0.39 is 0 Å². The lowest BCUT2D eigenvalue weighted by Crippen LogP contribution is -2.00. The van der Waals surface area contributed by atoms with Crippen LogP contribution < -0.4 is 0 Å². The van der Waals surface area contributed by atoms with Gasteiger partial charge in [0.05, 0.1) is 0 Å². The second-order valence-corrected chi connectivity index (χ2v) is 6.00. The Hall–Kier alpha value is -0.370. The van der Waals surface area contributed by atoms with Crippen LogP contribution in [0.2, 0.25) is 0 Å². The molecule has 0 saturated carbocycles. The molecule has 0 aliphatic rings. The minimum Gasteiger partial charge on any atom is -0.207 e. The maximum Gasteiger partial charge on any atom is 0.123 e. The first-order valence-corrected chi connectivity index (χ1v) is 6.74. The van der Waals surface area contributed by atoms with Crippen molar-refractivity contribution in [2.24, 2.45) is 5.92 Å². The zero-order valence-corrected chi connectivity index (χ0v) is 12.1. The molecular weight excluding hydrogens is 267 g/mol. The summed E-state index contributed by atoms with van der Waals surface area (Å²) in [5.74, 6) is 0.573. The van der Waals surface area contributed by atoms with Crippen LogP contribution in [-0.4, -0.2) is 0 Å². The van der Waals surface area contributed by atoms with Gasteiger partial charge in [-0.2, -0.15) is 0 Å². The molecule has 0 spiro atoms. The van der Waals surface area contributed by atoms with E-state index in [0.29, 0.717) is 10.7 Å². The summed E-state index contributed by atoms with van der Waals surface area (Å²) >= 11 is 3.72. The van der Waals surface area contributed by atoms with Crippen molar-refractivity contribution in [2.45, 2.75) is 45.4 Å². The summed E-state index contributed by atoms with van der Waals surface area (Å²) in [6, 6.07) is 3.23. The second-order valence-electron chi connectivity index (χ2n) is 4.89. The lowest BCUT2D eigenvalue weighted by atomic mass is 9.95. The van der Waals surface area contributed by atoms with Crippen LogP contribution in [0.25, 0.3) is 0 Å². The highest BCUT2D eigenvalue weighted by Crippen LogP contribution is 2.34. The van der Waals surface area contributed by atoms with Gasteiger partial charge < -0.3 is 0 Å². The molecule has 0 amide bonds. The molecule has 0 fully saturated rings. The summed E-state index contributed by atoms with van der Waals surface area (Å²) in [6.45, 7) is 8.41. The van der Waals surface area contributed by atoms with E-state index in [1.54, 1.807) is 12.1 Å². The van der Waals surface area contributed by atoms with Crippen molar-refractivity contribution in [3.8, 4) is 0 Å². The lowest BCUT2D eigenvalue weighted by Gasteiger charge is -2.17. The van der Waals surface area contributed by atoms with E-state index in [2.05, 4.69) is 29.8 Å². The van der Waals surface area contributed by atoms with Gasteiger partial charge in [-0.25, -0.2) is 4.39 Å². The van der Waals surface area contributed by atoms with Crippen molar-refractivity contribution < 1.29 is 4.39 Å².